The molecule has 0 spiro atoms. The number of hydrogen-bond acceptors (Lipinski definition) is 0. The molecule has 0 aliphatic heterocycles. The quantitative estimate of drug-likeness (QED) is 0.387. The Morgan fingerprint density at radius 3 is 2.50 bits per heavy atom. The van der Waals surface area contributed by atoms with E-state index in [9.17, 15) is 0 Å². The van der Waals surface area contributed by atoms with E-state index >= 15 is 0 Å². The van der Waals surface area contributed by atoms with Gasteiger partial charge in [0.2, 0.25) is 0 Å². The minimum Gasteiger partial charge on any atom is -0.0988 e. The van der Waals surface area contributed by atoms with Gasteiger partial charge in [0.25, 0.3) is 0 Å². The SMILES string of the molecule is C=C/C(C)=C/C(C)(C)/C=C/CBr. The molecule has 12 heavy (non-hydrogen) atoms. The van der Waals surface area contributed by atoms with Crippen molar-refractivity contribution in [3.63, 3.8) is 0 Å². The molecule has 0 aliphatic rings. The maximum absolute atomic E-state index is 3.72. The lowest BCUT2D eigenvalue weighted by atomic mass is 9.90. The molecule has 0 heterocycles. The summed E-state index contributed by atoms with van der Waals surface area (Å²) in [6.45, 7) is 10.1. The molecule has 0 radical (unpaired) electrons. The van der Waals surface area contributed by atoms with Crippen molar-refractivity contribution in [2.75, 3.05) is 5.33 Å². The highest BCUT2D eigenvalue weighted by molar-refractivity contribution is 9.09. The molecular weight excluding hydrogens is 212 g/mol. The molecule has 0 fully saturated rings. The zero-order valence-electron chi connectivity index (χ0n) is 8.10. The molecular formula is C11H17Br. The maximum atomic E-state index is 3.72. The van der Waals surface area contributed by atoms with Gasteiger partial charge in [0.1, 0.15) is 0 Å². The van der Waals surface area contributed by atoms with E-state index in [0.29, 0.717) is 0 Å². The fourth-order valence-electron chi connectivity index (χ4n) is 1.04. The van der Waals surface area contributed by atoms with Gasteiger partial charge in [-0.3, -0.25) is 0 Å². The molecule has 0 saturated carbocycles. The normalized spacial score (nSPS) is 13.8. The van der Waals surface area contributed by atoms with Crippen LogP contribution in [0.1, 0.15) is 20.8 Å². The summed E-state index contributed by atoms with van der Waals surface area (Å²) in [6.07, 6.45) is 8.39. The van der Waals surface area contributed by atoms with Crippen molar-refractivity contribution in [1.82, 2.24) is 0 Å². The van der Waals surface area contributed by atoms with Crippen LogP contribution in [0.2, 0.25) is 0 Å². The first kappa shape index (κ1) is 11.7. The smallest absolute Gasteiger partial charge is 0.0212 e. The molecule has 0 atom stereocenters. The van der Waals surface area contributed by atoms with Crippen LogP contribution in [0.15, 0.2) is 36.5 Å². The van der Waals surface area contributed by atoms with E-state index in [-0.39, 0.29) is 5.41 Å². The second-order valence-electron chi connectivity index (χ2n) is 3.47. The predicted octanol–water partition coefficient (Wildman–Crippen LogP) is 4.10. The van der Waals surface area contributed by atoms with Crippen LogP contribution in [-0.4, -0.2) is 5.33 Å². The van der Waals surface area contributed by atoms with E-state index in [1.807, 2.05) is 6.08 Å². The van der Waals surface area contributed by atoms with Gasteiger partial charge in [-0.05, 0) is 6.92 Å². The van der Waals surface area contributed by atoms with Crippen molar-refractivity contribution in [3.05, 3.63) is 36.5 Å². The Hall–Kier alpha value is -0.300. The van der Waals surface area contributed by atoms with E-state index < -0.39 is 0 Å². The highest BCUT2D eigenvalue weighted by atomic mass is 79.9. The van der Waals surface area contributed by atoms with Gasteiger partial charge < -0.3 is 0 Å². The Kier molecular flexibility index (Phi) is 5.23. The second kappa shape index (κ2) is 5.36. The fraction of sp³-hybridized carbons (Fsp3) is 0.455. The van der Waals surface area contributed by atoms with Gasteiger partial charge in [-0.1, -0.05) is 66.2 Å². The van der Waals surface area contributed by atoms with Crippen LogP contribution < -0.4 is 0 Å². The van der Waals surface area contributed by atoms with Gasteiger partial charge >= 0.3 is 0 Å². The van der Waals surface area contributed by atoms with E-state index in [4.69, 9.17) is 0 Å². The molecule has 68 valence electrons. The summed E-state index contributed by atoms with van der Waals surface area (Å²) in [7, 11) is 0. The van der Waals surface area contributed by atoms with Crippen LogP contribution in [0, 0.1) is 5.41 Å². The molecule has 0 aromatic rings. The average Bonchev–Trinajstić information content (AvgIpc) is 2.00. The highest BCUT2D eigenvalue weighted by Gasteiger charge is 2.08. The van der Waals surface area contributed by atoms with E-state index in [1.165, 1.54) is 5.57 Å². The van der Waals surface area contributed by atoms with Crippen molar-refractivity contribution < 1.29 is 0 Å². The molecule has 0 amide bonds. The minimum absolute atomic E-state index is 0.131. The maximum Gasteiger partial charge on any atom is 0.0212 e. The van der Waals surface area contributed by atoms with Crippen LogP contribution in [-0.2, 0) is 0 Å². The van der Waals surface area contributed by atoms with Gasteiger partial charge in [0.05, 0.1) is 0 Å². The Morgan fingerprint density at radius 2 is 2.08 bits per heavy atom. The van der Waals surface area contributed by atoms with E-state index in [0.717, 1.165) is 5.33 Å². The van der Waals surface area contributed by atoms with Crippen molar-refractivity contribution in [1.29, 1.82) is 0 Å². The van der Waals surface area contributed by atoms with Crippen LogP contribution in [0.3, 0.4) is 0 Å². The lowest BCUT2D eigenvalue weighted by Gasteiger charge is -2.15. The zero-order chi connectivity index (χ0) is 9.61. The molecule has 1 heteroatoms. The Labute approximate surface area is 84.2 Å². The summed E-state index contributed by atoms with van der Waals surface area (Å²) in [4.78, 5) is 0. The number of rotatable bonds is 4. The summed E-state index contributed by atoms with van der Waals surface area (Å²) in [6, 6.07) is 0. The van der Waals surface area contributed by atoms with Gasteiger partial charge in [-0.15, -0.1) is 0 Å². The standard InChI is InChI=1S/C11H17Br/c1-5-10(2)9-11(3,4)7-6-8-12/h5-7,9H,1,8H2,2-4H3/b7-6+,10-9+. The van der Waals surface area contributed by atoms with Gasteiger partial charge in [0, 0.05) is 10.7 Å². The Bertz CT molecular complexity index is 197. The number of alkyl halides is 1. The van der Waals surface area contributed by atoms with Gasteiger partial charge in [-0.25, -0.2) is 0 Å². The molecule has 0 nitrogen and oxygen atoms in total. The molecule has 0 aromatic heterocycles. The second-order valence-corrected chi connectivity index (χ2v) is 4.12. The zero-order valence-corrected chi connectivity index (χ0v) is 9.69. The van der Waals surface area contributed by atoms with Crippen molar-refractivity contribution in [2.24, 2.45) is 5.41 Å². The molecule has 0 saturated heterocycles. The van der Waals surface area contributed by atoms with Gasteiger partial charge in [-0.2, -0.15) is 0 Å². The molecule has 0 N–H and O–H groups in total. The summed E-state index contributed by atoms with van der Waals surface area (Å²) >= 11 is 3.36. The highest BCUT2D eigenvalue weighted by Crippen LogP contribution is 2.21. The summed E-state index contributed by atoms with van der Waals surface area (Å²) in [5.41, 5.74) is 1.35. The summed E-state index contributed by atoms with van der Waals surface area (Å²) in [5.74, 6) is 0. The monoisotopic (exact) mass is 228 g/mol. The van der Waals surface area contributed by atoms with Gasteiger partial charge in [0.15, 0.2) is 0 Å². The third-order valence-electron chi connectivity index (χ3n) is 1.56. The van der Waals surface area contributed by atoms with Crippen LogP contribution in [0.4, 0.5) is 0 Å². The third-order valence-corrected chi connectivity index (χ3v) is 1.93. The average molecular weight is 229 g/mol. The molecule has 0 rings (SSSR count). The number of allylic oxidation sites excluding steroid dienone is 5. The largest absolute Gasteiger partial charge is 0.0988 e. The third kappa shape index (κ3) is 5.36. The van der Waals surface area contributed by atoms with Crippen LogP contribution in [0.5, 0.6) is 0 Å². The number of hydrogen-bond donors (Lipinski definition) is 0. The molecule has 0 bridgehead atoms. The van der Waals surface area contributed by atoms with Crippen LogP contribution in [0.25, 0.3) is 0 Å². The fourth-order valence-corrected chi connectivity index (χ4v) is 1.23. The lowest BCUT2D eigenvalue weighted by Crippen LogP contribution is -2.03. The summed E-state index contributed by atoms with van der Waals surface area (Å²) < 4.78 is 0. The Balaban J connectivity index is 4.40. The Morgan fingerprint density at radius 1 is 1.50 bits per heavy atom. The van der Waals surface area contributed by atoms with Crippen molar-refractivity contribution in [3.8, 4) is 0 Å². The molecule has 0 unspecified atom stereocenters. The lowest BCUT2D eigenvalue weighted by molar-refractivity contribution is 0.621. The van der Waals surface area contributed by atoms with Crippen LogP contribution >= 0.6 is 15.9 Å². The molecule has 0 aromatic carbocycles. The summed E-state index contributed by atoms with van der Waals surface area (Å²) in [5, 5.41) is 0.914. The topological polar surface area (TPSA) is 0 Å². The predicted molar refractivity (Wildman–Crippen MR) is 60.7 cm³/mol. The van der Waals surface area contributed by atoms with Crippen molar-refractivity contribution in [2.45, 2.75) is 20.8 Å². The minimum atomic E-state index is 0.131. The van der Waals surface area contributed by atoms with E-state index in [2.05, 4.69) is 61.5 Å². The van der Waals surface area contributed by atoms with Crippen molar-refractivity contribution >= 4 is 15.9 Å². The first-order valence-electron chi connectivity index (χ1n) is 4.07. The van der Waals surface area contributed by atoms with E-state index in [1.54, 1.807) is 0 Å². The molecule has 0 aliphatic carbocycles. The number of halogens is 1. The first-order chi connectivity index (χ1) is 5.52. The first-order valence-corrected chi connectivity index (χ1v) is 5.19.